The van der Waals surface area contributed by atoms with Crippen LogP contribution in [-0.2, 0) is 4.74 Å². The van der Waals surface area contributed by atoms with Gasteiger partial charge in [0.2, 0.25) is 0 Å². The third-order valence-corrected chi connectivity index (χ3v) is 13.7. The van der Waals surface area contributed by atoms with Crippen LogP contribution in [0.2, 0.25) is 24.2 Å². The molecule has 0 bridgehead atoms. The summed E-state index contributed by atoms with van der Waals surface area (Å²) in [5.41, 5.74) is 0. The summed E-state index contributed by atoms with van der Waals surface area (Å²) in [5, 5.41) is 0. The van der Waals surface area contributed by atoms with E-state index in [2.05, 4.69) is 46.4 Å². The first-order valence-electron chi connectivity index (χ1n) is 12.8. The smallest absolute Gasteiger partial charge is 0.0527 e. The first-order chi connectivity index (χ1) is 13.6. The zero-order valence-corrected chi connectivity index (χ0v) is 22.1. The lowest BCUT2D eigenvalue weighted by molar-refractivity contribution is 0.0800. The van der Waals surface area contributed by atoms with E-state index < -0.39 is 8.07 Å². The predicted octanol–water partition coefficient (Wildman–Crippen LogP) is 9.33. The first kappa shape index (κ1) is 28.5. The van der Waals surface area contributed by atoms with Gasteiger partial charge >= 0.3 is 0 Å². The van der Waals surface area contributed by atoms with Crippen LogP contribution in [0.25, 0.3) is 0 Å². The molecule has 0 aromatic carbocycles. The summed E-state index contributed by atoms with van der Waals surface area (Å²) in [4.78, 5) is 0. The molecule has 3 heteroatoms. The van der Waals surface area contributed by atoms with Crippen molar-refractivity contribution < 1.29 is 4.74 Å². The zero-order chi connectivity index (χ0) is 20.9. The molecule has 0 aromatic rings. The van der Waals surface area contributed by atoms with E-state index in [1.165, 1.54) is 107 Å². The molecular weight excluding hydrogens is 376 g/mol. The van der Waals surface area contributed by atoms with Gasteiger partial charge in [-0.2, -0.15) is 11.8 Å². The van der Waals surface area contributed by atoms with Crippen LogP contribution in [0.1, 0.15) is 112 Å². The summed E-state index contributed by atoms with van der Waals surface area (Å²) in [5.74, 6) is 2.62. The maximum Gasteiger partial charge on any atom is 0.0527 e. The summed E-state index contributed by atoms with van der Waals surface area (Å²) in [6.07, 6.45) is 17.8. The van der Waals surface area contributed by atoms with Crippen LogP contribution in [0.4, 0.5) is 0 Å². The molecule has 0 fully saturated rings. The molecule has 0 rings (SSSR count). The number of hydrogen-bond donors (Lipinski definition) is 0. The Hall–Kier alpha value is 0.527. The van der Waals surface area contributed by atoms with E-state index in [4.69, 9.17) is 4.74 Å². The van der Waals surface area contributed by atoms with Crippen molar-refractivity contribution in [3.63, 3.8) is 0 Å². The number of unbranched alkanes of at least 4 members (excludes halogenated alkanes) is 10. The highest BCUT2D eigenvalue weighted by Crippen LogP contribution is 2.27. The summed E-state index contributed by atoms with van der Waals surface area (Å²) < 4.78 is 5.58. The number of ether oxygens (including phenoxy) is 1. The van der Waals surface area contributed by atoms with Crippen molar-refractivity contribution >= 4 is 19.8 Å². The summed E-state index contributed by atoms with van der Waals surface area (Å²) in [6.45, 7) is 12.5. The normalized spacial score (nSPS) is 12.2. The van der Waals surface area contributed by atoms with E-state index in [1.54, 1.807) is 6.04 Å². The van der Waals surface area contributed by atoms with Gasteiger partial charge in [0.15, 0.2) is 0 Å². The highest BCUT2D eigenvalue weighted by Gasteiger charge is 2.25. The Kier molecular flexibility index (Phi) is 21.2. The molecule has 0 aliphatic rings. The Bertz CT molecular complexity index is 297. The molecule has 0 N–H and O–H groups in total. The van der Waals surface area contributed by atoms with Crippen molar-refractivity contribution in [1.82, 2.24) is 0 Å². The van der Waals surface area contributed by atoms with E-state index >= 15 is 0 Å². The molecule has 0 heterocycles. The maximum atomic E-state index is 5.58. The lowest BCUT2D eigenvalue weighted by Crippen LogP contribution is -2.30. The van der Waals surface area contributed by atoms with Crippen LogP contribution in [0, 0.1) is 0 Å². The molecular formula is C25H54OSSi. The van der Waals surface area contributed by atoms with Gasteiger partial charge in [-0.1, -0.05) is 109 Å². The van der Waals surface area contributed by atoms with Crippen LogP contribution in [0.3, 0.4) is 0 Å². The second-order valence-electron chi connectivity index (χ2n) is 9.09. The quantitative estimate of drug-likeness (QED) is 0.125. The van der Waals surface area contributed by atoms with Gasteiger partial charge < -0.3 is 4.74 Å². The van der Waals surface area contributed by atoms with E-state index in [0.717, 1.165) is 6.61 Å². The summed E-state index contributed by atoms with van der Waals surface area (Å²) in [7, 11) is -0.838. The van der Waals surface area contributed by atoms with Gasteiger partial charge in [-0.3, -0.25) is 0 Å². The summed E-state index contributed by atoms with van der Waals surface area (Å²) >= 11 is 2.11. The van der Waals surface area contributed by atoms with E-state index in [0.29, 0.717) is 6.10 Å². The molecule has 0 saturated heterocycles. The van der Waals surface area contributed by atoms with Crippen molar-refractivity contribution in [1.29, 1.82) is 0 Å². The van der Waals surface area contributed by atoms with E-state index in [-0.39, 0.29) is 0 Å². The highest BCUT2D eigenvalue weighted by molar-refractivity contribution is 7.99. The molecule has 170 valence electrons. The number of rotatable bonds is 22. The predicted molar refractivity (Wildman–Crippen MR) is 136 cm³/mol. The average molecular weight is 431 g/mol. The lowest BCUT2D eigenvalue weighted by atomic mass is 10.1. The van der Waals surface area contributed by atoms with Crippen LogP contribution in [0.5, 0.6) is 0 Å². The van der Waals surface area contributed by atoms with Crippen LogP contribution < -0.4 is 0 Å². The highest BCUT2D eigenvalue weighted by atomic mass is 32.2. The topological polar surface area (TPSA) is 9.23 Å². The van der Waals surface area contributed by atoms with Gasteiger partial charge in [-0.15, -0.1) is 0 Å². The first-order valence-corrected chi connectivity index (χ1v) is 16.8. The van der Waals surface area contributed by atoms with Gasteiger partial charge in [-0.25, -0.2) is 0 Å². The van der Waals surface area contributed by atoms with Crippen molar-refractivity contribution in [3.8, 4) is 0 Å². The minimum Gasteiger partial charge on any atom is -0.379 e. The van der Waals surface area contributed by atoms with Crippen molar-refractivity contribution in [2.24, 2.45) is 0 Å². The minimum atomic E-state index is -0.838. The minimum absolute atomic E-state index is 0.388. The Balaban J connectivity index is 3.20. The van der Waals surface area contributed by atoms with Gasteiger partial charge in [0, 0.05) is 6.61 Å². The maximum absolute atomic E-state index is 5.58. The molecule has 0 aliphatic heterocycles. The molecule has 0 amide bonds. The molecule has 0 unspecified atom stereocenters. The van der Waals surface area contributed by atoms with Crippen LogP contribution >= 0.6 is 11.8 Å². The second kappa shape index (κ2) is 20.8. The third-order valence-electron chi connectivity index (χ3n) is 6.63. The Morgan fingerprint density at radius 2 is 1.04 bits per heavy atom. The Morgan fingerprint density at radius 1 is 0.607 bits per heavy atom. The molecule has 0 spiro atoms. The van der Waals surface area contributed by atoms with Crippen LogP contribution in [0.15, 0.2) is 0 Å². The Morgan fingerprint density at radius 3 is 1.50 bits per heavy atom. The fourth-order valence-corrected chi connectivity index (χ4v) is 8.65. The van der Waals surface area contributed by atoms with Crippen LogP contribution in [-0.4, -0.2) is 32.3 Å². The lowest BCUT2D eigenvalue weighted by Gasteiger charge is -2.28. The summed E-state index contributed by atoms with van der Waals surface area (Å²) in [6, 6.07) is 6.12. The van der Waals surface area contributed by atoms with Gasteiger partial charge in [0.25, 0.3) is 0 Å². The standard InChI is InChI=1S/C25H54OSSi/c1-6-28(7-2,8-3)24-19-17-15-13-11-9-10-12-14-16-18-22-27-23-20-21-26-25(4)5/h25H,6-24H2,1-5H3. The molecule has 0 aromatic heterocycles. The number of thioether (sulfide) groups is 1. The molecule has 1 nitrogen and oxygen atoms in total. The van der Waals surface area contributed by atoms with E-state index in [9.17, 15) is 0 Å². The van der Waals surface area contributed by atoms with Gasteiger partial charge in [0.05, 0.1) is 14.2 Å². The van der Waals surface area contributed by atoms with Gasteiger partial charge in [0.1, 0.15) is 0 Å². The van der Waals surface area contributed by atoms with Crippen molar-refractivity contribution in [2.75, 3.05) is 18.1 Å². The molecule has 0 radical (unpaired) electrons. The average Bonchev–Trinajstić information content (AvgIpc) is 2.70. The third kappa shape index (κ3) is 17.4. The molecule has 28 heavy (non-hydrogen) atoms. The largest absolute Gasteiger partial charge is 0.379 e. The Labute approximate surface area is 184 Å². The molecule has 0 saturated carbocycles. The molecule has 0 aliphatic carbocycles. The fraction of sp³-hybridized carbons (Fsp3) is 1.00. The SMILES string of the molecule is CC[Si](CC)(CC)CCCCCCCCCCCCCSCCCOC(C)C. The molecule has 0 atom stereocenters. The second-order valence-corrected chi connectivity index (χ2v) is 15.9. The number of hydrogen-bond acceptors (Lipinski definition) is 2. The monoisotopic (exact) mass is 430 g/mol. The van der Waals surface area contributed by atoms with Crippen molar-refractivity contribution in [3.05, 3.63) is 0 Å². The van der Waals surface area contributed by atoms with Gasteiger partial charge in [-0.05, 0) is 38.2 Å². The van der Waals surface area contributed by atoms with Crippen molar-refractivity contribution in [2.45, 2.75) is 142 Å². The van der Waals surface area contributed by atoms with E-state index in [1.807, 2.05) is 0 Å². The fourth-order valence-electron chi connectivity index (χ4n) is 4.16. The zero-order valence-electron chi connectivity index (χ0n) is 20.3.